The number of phenolic OH excluding ortho intramolecular Hbond substituents is 1. The predicted octanol–water partition coefficient (Wildman–Crippen LogP) is 4.30. The van der Waals surface area contributed by atoms with Crippen LogP contribution in [0.15, 0.2) is 40.9 Å². The van der Waals surface area contributed by atoms with Crippen molar-refractivity contribution in [3.63, 3.8) is 0 Å². The van der Waals surface area contributed by atoms with Gasteiger partial charge in [-0.1, -0.05) is 13.0 Å². The molecule has 0 aromatic heterocycles. The van der Waals surface area contributed by atoms with E-state index in [1.165, 1.54) is 30.9 Å². The van der Waals surface area contributed by atoms with Crippen LogP contribution in [0.2, 0.25) is 0 Å². The Kier molecular flexibility index (Phi) is 7.67. The minimum atomic E-state index is -0.557. The third-order valence-electron chi connectivity index (χ3n) is 3.90. The average molecular weight is 436 g/mol. The van der Waals surface area contributed by atoms with Crippen molar-refractivity contribution in [1.82, 2.24) is 0 Å². The Morgan fingerprint density at radius 1 is 1.19 bits per heavy atom. The van der Waals surface area contributed by atoms with Crippen LogP contribution in [-0.4, -0.2) is 30.7 Å². The fourth-order valence-electron chi connectivity index (χ4n) is 2.39. The number of amides is 1. The summed E-state index contributed by atoms with van der Waals surface area (Å²) < 4.78 is 11.2. The first-order valence-corrected chi connectivity index (χ1v) is 9.36. The lowest BCUT2D eigenvalue weighted by molar-refractivity contribution is -0.116. The number of carbonyl (C=O) groups is 2. The van der Waals surface area contributed by atoms with Crippen LogP contribution >= 0.6 is 15.9 Å². The van der Waals surface area contributed by atoms with E-state index in [9.17, 15) is 14.7 Å². The van der Waals surface area contributed by atoms with Crippen LogP contribution in [0.1, 0.15) is 35.7 Å². The molecule has 2 aromatic rings. The topological polar surface area (TPSA) is 84.9 Å². The van der Waals surface area contributed by atoms with Gasteiger partial charge >= 0.3 is 5.97 Å². The number of aryl methyl sites for hydroxylation is 1. The number of anilines is 1. The first-order chi connectivity index (χ1) is 12.9. The molecule has 0 spiro atoms. The number of benzene rings is 2. The second kappa shape index (κ2) is 9.97. The number of nitrogens with one attached hydrogen (secondary N) is 1. The van der Waals surface area contributed by atoms with Crippen molar-refractivity contribution < 1.29 is 24.2 Å². The number of phenols is 1. The van der Waals surface area contributed by atoms with Crippen LogP contribution in [0.3, 0.4) is 0 Å². The van der Waals surface area contributed by atoms with E-state index in [-0.39, 0.29) is 29.3 Å². The van der Waals surface area contributed by atoms with E-state index in [0.29, 0.717) is 13.0 Å². The summed E-state index contributed by atoms with van der Waals surface area (Å²) in [6.45, 7) is 2.48. The Labute approximate surface area is 166 Å². The maximum absolute atomic E-state index is 12.0. The van der Waals surface area contributed by atoms with Gasteiger partial charge in [0.25, 0.3) is 0 Å². The maximum Gasteiger partial charge on any atom is 0.337 e. The summed E-state index contributed by atoms with van der Waals surface area (Å²) in [7, 11) is 1.26. The van der Waals surface area contributed by atoms with E-state index in [1.807, 2.05) is 18.2 Å². The molecule has 0 aliphatic rings. The van der Waals surface area contributed by atoms with Crippen LogP contribution in [0.25, 0.3) is 0 Å². The lowest BCUT2D eigenvalue weighted by Gasteiger charge is -2.10. The molecule has 0 fully saturated rings. The summed E-state index contributed by atoms with van der Waals surface area (Å²) in [5.41, 5.74) is 1.67. The van der Waals surface area contributed by atoms with Gasteiger partial charge in [-0.3, -0.25) is 4.79 Å². The third kappa shape index (κ3) is 5.99. The molecule has 6 nitrogen and oxygen atoms in total. The molecule has 144 valence electrons. The summed E-state index contributed by atoms with van der Waals surface area (Å²) in [6.07, 6.45) is 1.71. The highest BCUT2D eigenvalue weighted by Gasteiger charge is 2.11. The zero-order chi connectivity index (χ0) is 19.8. The lowest BCUT2D eigenvalue weighted by Crippen LogP contribution is -2.13. The second-order valence-corrected chi connectivity index (χ2v) is 6.70. The minimum Gasteiger partial charge on any atom is -0.506 e. The normalized spacial score (nSPS) is 10.3. The summed E-state index contributed by atoms with van der Waals surface area (Å²) in [5, 5.41) is 12.5. The lowest BCUT2D eigenvalue weighted by atomic mass is 10.2. The number of ether oxygens (including phenoxy) is 2. The molecule has 2 aromatic carbocycles. The number of halogens is 1. The predicted molar refractivity (Wildman–Crippen MR) is 106 cm³/mol. The van der Waals surface area contributed by atoms with Gasteiger partial charge in [0.05, 0.1) is 29.4 Å². The van der Waals surface area contributed by atoms with Gasteiger partial charge in [-0.05, 0) is 64.7 Å². The highest BCUT2D eigenvalue weighted by atomic mass is 79.9. The number of esters is 1. The second-order valence-electron chi connectivity index (χ2n) is 5.84. The number of hydrogen-bond donors (Lipinski definition) is 2. The van der Waals surface area contributed by atoms with Crippen molar-refractivity contribution in [2.75, 3.05) is 19.0 Å². The van der Waals surface area contributed by atoms with E-state index in [4.69, 9.17) is 4.74 Å². The average Bonchev–Trinajstić information content (AvgIpc) is 2.67. The molecule has 0 saturated carbocycles. The zero-order valence-electron chi connectivity index (χ0n) is 15.3. The minimum absolute atomic E-state index is 0.192. The number of methoxy groups -OCH3 is 1. The largest absolute Gasteiger partial charge is 0.506 e. The Bertz CT molecular complexity index is 822. The molecule has 0 aliphatic heterocycles. The highest BCUT2D eigenvalue weighted by Crippen LogP contribution is 2.27. The summed E-state index contributed by atoms with van der Waals surface area (Å²) in [5.74, 6) is -0.260. The molecular weight excluding hydrogens is 414 g/mol. The Balaban J connectivity index is 1.80. The van der Waals surface area contributed by atoms with Gasteiger partial charge in [-0.25, -0.2) is 4.79 Å². The molecule has 2 rings (SSSR count). The molecule has 0 bridgehead atoms. The van der Waals surface area contributed by atoms with Crippen molar-refractivity contribution in [2.45, 2.75) is 26.2 Å². The molecular formula is C20H22BrNO5. The zero-order valence-corrected chi connectivity index (χ0v) is 16.8. The molecule has 0 atom stereocenters. The van der Waals surface area contributed by atoms with E-state index >= 15 is 0 Å². The van der Waals surface area contributed by atoms with Crippen molar-refractivity contribution in [1.29, 1.82) is 0 Å². The highest BCUT2D eigenvalue weighted by molar-refractivity contribution is 9.10. The van der Waals surface area contributed by atoms with E-state index in [1.54, 1.807) is 0 Å². The van der Waals surface area contributed by atoms with Gasteiger partial charge in [-0.15, -0.1) is 0 Å². The fourth-order valence-corrected chi connectivity index (χ4v) is 2.93. The van der Waals surface area contributed by atoms with Crippen LogP contribution in [-0.2, 0) is 16.0 Å². The molecule has 0 saturated heterocycles. The van der Waals surface area contributed by atoms with Gasteiger partial charge in [0, 0.05) is 6.42 Å². The number of rotatable bonds is 8. The van der Waals surface area contributed by atoms with Gasteiger partial charge in [-0.2, -0.15) is 0 Å². The molecule has 0 heterocycles. The Morgan fingerprint density at radius 2 is 1.96 bits per heavy atom. The van der Waals surface area contributed by atoms with Crippen LogP contribution in [0.4, 0.5) is 5.69 Å². The van der Waals surface area contributed by atoms with Crippen LogP contribution in [0, 0.1) is 0 Å². The summed E-state index contributed by atoms with van der Waals surface area (Å²) >= 11 is 3.48. The Hall–Kier alpha value is -2.54. The fraction of sp³-hybridized carbons (Fsp3) is 0.300. The molecule has 27 heavy (non-hydrogen) atoms. The van der Waals surface area contributed by atoms with E-state index in [0.717, 1.165) is 16.6 Å². The van der Waals surface area contributed by atoms with Gasteiger partial charge in [0.15, 0.2) is 0 Å². The van der Waals surface area contributed by atoms with Crippen LogP contribution < -0.4 is 10.1 Å². The SMILES string of the molecule is CCc1ccc(OCCCC(=O)Nc2ccc(C(=O)OC)cc2O)c(Br)c1. The van der Waals surface area contributed by atoms with Crippen LogP contribution in [0.5, 0.6) is 11.5 Å². The van der Waals surface area contributed by atoms with Gasteiger partial charge < -0.3 is 19.9 Å². The van der Waals surface area contributed by atoms with Gasteiger partial charge in [0.2, 0.25) is 5.91 Å². The molecule has 1 amide bonds. The van der Waals surface area contributed by atoms with Crippen molar-refractivity contribution >= 4 is 33.5 Å². The number of aromatic hydroxyl groups is 1. The first-order valence-electron chi connectivity index (χ1n) is 8.57. The number of hydrogen-bond acceptors (Lipinski definition) is 5. The summed E-state index contributed by atoms with van der Waals surface area (Å²) in [4.78, 5) is 23.4. The smallest absolute Gasteiger partial charge is 0.337 e. The molecule has 7 heteroatoms. The Morgan fingerprint density at radius 3 is 2.59 bits per heavy atom. The number of carbonyl (C=O) groups excluding carboxylic acids is 2. The van der Waals surface area contributed by atoms with Gasteiger partial charge in [0.1, 0.15) is 11.5 Å². The molecule has 0 unspecified atom stereocenters. The van der Waals surface area contributed by atoms with E-state index in [2.05, 4.69) is 32.9 Å². The maximum atomic E-state index is 12.0. The quantitative estimate of drug-likeness (QED) is 0.366. The summed E-state index contributed by atoms with van der Waals surface area (Å²) in [6, 6.07) is 10.1. The van der Waals surface area contributed by atoms with Crippen molar-refractivity contribution in [3.8, 4) is 11.5 Å². The van der Waals surface area contributed by atoms with Crippen molar-refractivity contribution in [3.05, 3.63) is 52.0 Å². The first kappa shape index (κ1) is 20.8. The monoisotopic (exact) mass is 435 g/mol. The van der Waals surface area contributed by atoms with E-state index < -0.39 is 5.97 Å². The third-order valence-corrected chi connectivity index (χ3v) is 4.52. The standard InChI is InChI=1S/C20H22BrNO5/c1-3-13-6-9-18(15(21)11-13)27-10-4-5-19(24)22-16-8-7-14(12-17(16)23)20(25)26-2/h6-9,11-12,23H,3-5,10H2,1-2H3,(H,22,24). The molecule has 0 aliphatic carbocycles. The van der Waals surface area contributed by atoms with Crippen molar-refractivity contribution in [2.24, 2.45) is 0 Å². The molecule has 0 radical (unpaired) electrons. The molecule has 2 N–H and O–H groups in total.